The van der Waals surface area contributed by atoms with Gasteiger partial charge in [0.2, 0.25) is 0 Å². The highest BCUT2D eigenvalue weighted by Gasteiger charge is 2.24. The molecule has 0 saturated heterocycles. The van der Waals surface area contributed by atoms with Crippen LogP contribution in [0.4, 0.5) is 10.5 Å². The number of para-hydroxylation sites is 1. The summed E-state index contributed by atoms with van der Waals surface area (Å²) in [7, 11) is 0. The van der Waals surface area contributed by atoms with Gasteiger partial charge in [-0.15, -0.1) is 0 Å². The van der Waals surface area contributed by atoms with Crippen molar-refractivity contribution in [3.63, 3.8) is 0 Å². The van der Waals surface area contributed by atoms with E-state index in [0.29, 0.717) is 35.5 Å². The van der Waals surface area contributed by atoms with Crippen LogP contribution in [0.5, 0.6) is 0 Å². The summed E-state index contributed by atoms with van der Waals surface area (Å²) in [6.07, 6.45) is 3.82. The summed E-state index contributed by atoms with van der Waals surface area (Å²) in [5.41, 5.74) is 6.68. The second-order valence-corrected chi connectivity index (χ2v) is 8.40. The Balaban J connectivity index is 1.83. The summed E-state index contributed by atoms with van der Waals surface area (Å²) in [4.78, 5) is 34.9. The minimum absolute atomic E-state index is 0.206. The zero-order valence-electron chi connectivity index (χ0n) is 17.6. The number of carbonyl (C=O) groups excluding carboxylic acids is 1. The number of hydrogen-bond donors (Lipinski definition) is 3. The third-order valence-electron chi connectivity index (χ3n) is 5.18. The molecule has 3 rings (SSSR count). The van der Waals surface area contributed by atoms with E-state index in [4.69, 9.17) is 5.73 Å². The van der Waals surface area contributed by atoms with E-state index in [1.165, 1.54) is 0 Å². The molecule has 0 spiro atoms. The Morgan fingerprint density at radius 3 is 2.71 bits per heavy atom. The van der Waals surface area contributed by atoms with Crippen molar-refractivity contribution < 1.29 is 4.79 Å². The molecule has 2 amide bonds. The summed E-state index contributed by atoms with van der Waals surface area (Å²) in [5.74, 6) is 0.468. The van der Waals surface area contributed by atoms with Crippen molar-refractivity contribution in [3.8, 4) is 0 Å². The number of nitrogens with one attached hydrogen (secondary N) is 2. The lowest BCUT2D eigenvalue weighted by atomic mass is 10.1. The molecule has 1 unspecified atom stereocenters. The van der Waals surface area contributed by atoms with Gasteiger partial charge in [-0.25, -0.2) is 9.78 Å². The van der Waals surface area contributed by atoms with Crippen molar-refractivity contribution in [1.82, 2.24) is 14.9 Å². The fourth-order valence-electron chi connectivity index (χ4n) is 3.46. The summed E-state index contributed by atoms with van der Waals surface area (Å²) >= 11 is 3.43. The number of nitrogens with two attached hydrogens (primary N) is 1. The molecule has 0 aliphatic heterocycles. The summed E-state index contributed by atoms with van der Waals surface area (Å²) in [5, 5.41) is 3.49. The summed E-state index contributed by atoms with van der Waals surface area (Å²) < 4.78 is 0.882. The van der Waals surface area contributed by atoms with Crippen molar-refractivity contribution in [3.05, 3.63) is 69.2 Å². The first-order valence-corrected chi connectivity index (χ1v) is 11.3. The standard InChI is InChI=1S/C23H28BrN5O2/c1-16(21-27-20-12-5-4-11-19(20)22(30)28-21)29(14-7-3-2-6-13-25)23(31)26-18-10-8-9-17(24)15-18/h4-5,8-12,15-16H,2-3,6-7,13-14,25H2,1H3,(H,26,31)(H,27,28,30). The minimum Gasteiger partial charge on any atom is -0.330 e. The van der Waals surface area contributed by atoms with E-state index < -0.39 is 6.04 Å². The molecule has 0 radical (unpaired) electrons. The predicted molar refractivity (Wildman–Crippen MR) is 128 cm³/mol. The van der Waals surface area contributed by atoms with Gasteiger partial charge in [-0.2, -0.15) is 0 Å². The number of rotatable bonds is 9. The monoisotopic (exact) mass is 485 g/mol. The fourth-order valence-corrected chi connectivity index (χ4v) is 3.86. The molecular weight excluding hydrogens is 458 g/mol. The van der Waals surface area contributed by atoms with Crippen LogP contribution in [0.3, 0.4) is 0 Å². The van der Waals surface area contributed by atoms with Crippen LogP contribution in [0.25, 0.3) is 10.9 Å². The number of halogens is 1. The lowest BCUT2D eigenvalue weighted by Gasteiger charge is -2.29. The smallest absolute Gasteiger partial charge is 0.322 e. The molecule has 1 aromatic heterocycles. The van der Waals surface area contributed by atoms with E-state index in [1.54, 1.807) is 23.1 Å². The van der Waals surface area contributed by atoms with Gasteiger partial charge in [-0.3, -0.25) is 4.79 Å². The Morgan fingerprint density at radius 1 is 1.16 bits per heavy atom. The molecule has 8 heteroatoms. The predicted octanol–water partition coefficient (Wildman–Crippen LogP) is 4.80. The van der Waals surface area contributed by atoms with Crippen LogP contribution < -0.4 is 16.6 Å². The average Bonchev–Trinajstić information content (AvgIpc) is 2.76. The number of H-pyrrole nitrogens is 1. The van der Waals surface area contributed by atoms with E-state index in [0.717, 1.165) is 30.2 Å². The molecule has 4 N–H and O–H groups in total. The zero-order chi connectivity index (χ0) is 22.2. The number of unbranched alkanes of at least 4 members (excludes halogenated alkanes) is 3. The number of hydrogen-bond acceptors (Lipinski definition) is 4. The SMILES string of the molecule is CC(c1nc2ccccc2c(=O)[nH]1)N(CCCCCCN)C(=O)Nc1cccc(Br)c1. The summed E-state index contributed by atoms with van der Waals surface area (Å²) in [6.45, 7) is 3.10. The molecule has 0 aliphatic rings. The maximum atomic E-state index is 13.2. The van der Waals surface area contributed by atoms with E-state index in [2.05, 4.69) is 31.2 Å². The zero-order valence-corrected chi connectivity index (χ0v) is 19.2. The Labute approximate surface area is 190 Å². The normalized spacial score (nSPS) is 12.0. The third-order valence-corrected chi connectivity index (χ3v) is 5.68. The first kappa shape index (κ1) is 23.0. The first-order chi connectivity index (χ1) is 15.0. The lowest BCUT2D eigenvalue weighted by molar-refractivity contribution is 0.188. The number of amides is 2. The highest BCUT2D eigenvalue weighted by atomic mass is 79.9. The Kier molecular flexibility index (Phi) is 8.20. The van der Waals surface area contributed by atoms with Gasteiger partial charge < -0.3 is 20.9 Å². The van der Waals surface area contributed by atoms with Crippen LogP contribution in [-0.2, 0) is 0 Å². The molecule has 31 heavy (non-hydrogen) atoms. The van der Waals surface area contributed by atoms with Crippen LogP contribution >= 0.6 is 15.9 Å². The molecule has 0 saturated carbocycles. The second-order valence-electron chi connectivity index (χ2n) is 7.48. The molecule has 7 nitrogen and oxygen atoms in total. The largest absolute Gasteiger partial charge is 0.330 e. The van der Waals surface area contributed by atoms with Gasteiger partial charge in [-0.1, -0.05) is 47.0 Å². The molecule has 1 atom stereocenters. The summed E-state index contributed by atoms with van der Waals surface area (Å²) in [6, 6.07) is 14.0. The number of anilines is 1. The average molecular weight is 486 g/mol. The second kappa shape index (κ2) is 11.1. The number of aromatic nitrogens is 2. The number of aromatic amines is 1. The van der Waals surface area contributed by atoms with Crippen molar-refractivity contribution in [1.29, 1.82) is 0 Å². The highest BCUT2D eigenvalue weighted by Crippen LogP contribution is 2.22. The van der Waals surface area contributed by atoms with Gasteiger partial charge in [-0.05, 0) is 56.6 Å². The molecule has 1 heterocycles. The number of urea groups is 1. The molecule has 0 fully saturated rings. The van der Waals surface area contributed by atoms with E-state index in [-0.39, 0.29) is 11.6 Å². The molecule has 164 valence electrons. The van der Waals surface area contributed by atoms with Gasteiger partial charge in [0, 0.05) is 16.7 Å². The molecule has 0 aliphatic carbocycles. The lowest BCUT2D eigenvalue weighted by Crippen LogP contribution is -2.39. The Morgan fingerprint density at radius 2 is 1.94 bits per heavy atom. The number of carbonyl (C=O) groups is 1. The van der Waals surface area contributed by atoms with Crippen molar-refractivity contribution >= 4 is 38.6 Å². The maximum absolute atomic E-state index is 13.2. The quantitative estimate of drug-likeness (QED) is 0.378. The number of benzene rings is 2. The van der Waals surface area contributed by atoms with Crippen molar-refractivity contribution in [2.45, 2.75) is 38.6 Å². The van der Waals surface area contributed by atoms with E-state index in [1.807, 2.05) is 37.3 Å². The Hall–Kier alpha value is -2.71. The van der Waals surface area contributed by atoms with Gasteiger partial charge in [0.15, 0.2) is 0 Å². The first-order valence-electron chi connectivity index (χ1n) is 10.5. The third kappa shape index (κ3) is 6.15. The maximum Gasteiger partial charge on any atom is 0.322 e. The van der Waals surface area contributed by atoms with Crippen LogP contribution in [0.15, 0.2) is 57.8 Å². The van der Waals surface area contributed by atoms with Crippen molar-refractivity contribution in [2.75, 3.05) is 18.4 Å². The van der Waals surface area contributed by atoms with Crippen LogP contribution in [-0.4, -0.2) is 34.0 Å². The van der Waals surface area contributed by atoms with Gasteiger partial charge in [0.1, 0.15) is 5.82 Å². The van der Waals surface area contributed by atoms with Crippen LogP contribution in [0.2, 0.25) is 0 Å². The van der Waals surface area contributed by atoms with Gasteiger partial charge in [0.05, 0.1) is 16.9 Å². The number of nitrogens with zero attached hydrogens (tertiary/aromatic N) is 2. The minimum atomic E-state index is -0.404. The number of fused-ring (bicyclic) bond motifs is 1. The van der Waals surface area contributed by atoms with Crippen LogP contribution in [0.1, 0.15) is 44.5 Å². The van der Waals surface area contributed by atoms with Crippen LogP contribution in [0, 0.1) is 0 Å². The van der Waals surface area contributed by atoms with Gasteiger partial charge in [0.25, 0.3) is 5.56 Å². The molecule has 2 aromatic carbocycles. The Bertz CT molecular complexity index is 1080. The van der Waals surface area contributed by atoms with E-state index in [9.17, 15) is 9.59 Å². The van der Waals surface area contributed by atoms with Gasteiger partial charge >= 0.3 is 6.03 Å². The molecular formula is C23H28BrN5O2. The highest BCUT2D eigenvalue weighted by molar-refractivity contribution is 9.10. The van der Waals surface area contributed by atoms with E-state index >= 15 is 0 Å². The van der Waals surface area contributed by atoms with Crippen molar-refractivity contribution in [2.24, 2.45) is 5.73 Å². The molecule has 0 bridgehead atoms. The fraction of sp³-hybridized carbons (Fsp3) is 0.348. The topological polar surface area (TPSA) is 104 Å². The molecule has 3 aromatic rings.